The third-order valence-corrected chi connectivity index (χ3v) is 10.9. The highest BCUT2D eigenvalue weighted by Gasteiger charge is 2.63. The zero-order chi connectivity index (χ0) is 34.2. The van der Waals surface area contributed by atoms with Gasteiger partial charge in [-0.15, -0.1) is 0 Å². The van der Waals surface area contributed by atoms with Crippen LogP contribution in [0.15, 0.2) is 30.3 Å². The van der Waals surface area contributed by atoms with Crippen molar-refractivity contribution in [1.82, 2.24) is 0 Å². The molecule has 2 saturated heterocycles. The van der Waals surface area contributed by atoms with Crippen LogP contribution in [0.3, 0.4) is 0 Å². The van der Waals surface area contributed by atoms with E-state index in [2.05, 4.69) is 20.8 Å². The smallest absolute Gasteiger partial charge is 0.339 e. The van der Waals surface area contributed by atoms with Gasteiger partial charge in [0, 0.05) is 28.3 Å². The predicted molar refractivity (Wildman–Crippen MR) is 174 cm³/mol. The zero-order valence-corrected chi connectivity index (χ0v) is 28.3. The number of ether oxygens (including phenoxy) is 9. The first kappa shape index (κ1) is 32.4. The van der Waals surface area contributed by atoms with E-state index in [1.165, 1.54) is 14.2 Å². The molecular formula is C37H42O12. The van der Waals surface area contributed by atoms with E-state index in [9.17, 15) is 15.0 Å². The van der Waals surface area contributed by atoms with Crippen molar-refractivity contribution in [2.75, 3.05) is 27.6 Å². The fourth-order valence-corrected chi connectivity index (χ4v) is 8.48. The number of aliphatic hydroxyl groups excluding tert-OH is 2. The van der Waals surface area contributed by atoms with Crippen molar-refractivity contribution in [3.8, 4) is 39.9 Å². The Kier molecular flexibility index (Phi) is 7.88. The lowest BCUT2D eigenvalue weighted by atomic mass is 9.77. The van der Waals surface area contributed by atoms with Crippen molar-refractivity contribution < 1.29 is 57.6 Å². The van der Waals surface area contributed by atoms with Crippen molar-refractivity contribution in [2.24, 2.45) is 11.3 Å². The van der Waals surface area contributed by atoms with Crippen molar-refractivity contribution >= 4 is 16.7 Å². The van der Waals surface area contributed by atoms with Crippen LogP contribution in [0, 0.1) is 11.3 Å². The van der Waals surface area contributed by atoms with Gasteiger partial charge >= 0.3 is 5.97 Å². The van der Waals surface area contributed by atoms with E-state index in [1.807, 2.05) is 12.1 Å². The molecule has 1 aliphatic carbocycles. The number of fused-ring (bicyclic) bond motifs is 4. The lowest BCUT2D eigenvalue weighted by molar-refractivity contribution is -0.254. The summed E-state index contributed by atoms with van der Waals surface area (Å²) >= 11 is 0. The van der Waals surface area contributed by atoms with E-state index in [0.717, 1.165) is 19.3 Å². The molecule has 8 rings (SSSR count). The first-order chi connectivity index (χ1) is 23.6. The van der Waals surface area contributed by atoms with E-state index in [-0.39, 0.29) is 31.2 Å². The number of rotatable bonds is 6. The highest BCUT2D eigenvalue weighted by molar-refractivity contribution is 6.14. The van der Waals surface area contributed by atoms with Gasteiger partial charge in [0.05, 0.1) is 26.4 Å². The minimum absolute atomic E-state index is 0.0707. The fourth-order valence-electron chi connectivity index (χ4n) is 8.48. The first-order valence-electron chi connectivity index (χ1n) is 16.9. The molecule has 49 heavy (non-hydrogen) atoms. The molecule has 7 atom stereocenters. The maximum Gasteiger partial charge on any atom is 0.339 e. The van der Waals surface area contributed by atoms with Crippen LogP contribution in [0.5, 0.6) is 28.7 Å². The highest BCUT2D eigenvalue weighted by Crippen LogP contribution is 2.55. The van der Waals surface area contributed by atoms with Crippen LogP contribution in [0.1, 0.15) is 62.4 Å². The quantitative estimate of drug-likeness (QED) is 0.336. The highest BCUT2D eigenvalue weighted by atomic mass is 16.8. The normalized spacial score (nSPS) is 31.3. The second-order valence-corrected chi connectivity index (χ2v) is 14.3. The molecule has 0 amide bonds. The maximum absolute atomic E-state index is 13.5. The third kappa shape index (κ3) is 5.02. The van der Waals surface area contributed by atoms with E-state index < -0.39 is 42.5 Å². The van der Waals surface area contributed by atoms with Crippen LogP contribution in [0.4, 0.5) is 0 Å². The molecule has 12 heteroatoms. The van der Waals surface area contributed by atoms with Crippen LogP contribution in [0.25, 0.3) is 21.9 Å². The van der Waals surface area contributed by atoms with E-state index >= 15 is 0 Å². The Morgan fingerprint density at radius 1 is 0.939 bits per heavy atom. The van der Waals surface area contributed by atoms with Gasteiger partial charge in [-0.3, -0.25) is 0 Å². The fraction of sp³-hybridized carbons (Fsp3) is 0.541. The number of cyclic esters (lactones) is 1. The van der Waals surface area contributed by atoms with E-state index in [4.69, 9.17) is 42.6 Å². The topological polar surface area (TPSA) is 141 Å². The minimum atomic E-state index is -1.29. The molecule has 2 N–H and O–H groups in total. The number of methoxy groups -OCH3 is 2. The van der Waals surface area contributed by atoms with Gasteiger partial charge in [0.2, 0.25) is 13.1 Å². The summed E-state index contributed by atoms with van der Waals surface area (Å²) < 4.78 is 54.5. The summed E-state index contributed by atoms with van der Waals surface area (Å²) in [7, 11) is 3.07. The average molecular weight is 679 g/mol. The minimum Gasteiger partial charge on any atom is -0.493 e. The lowest BCUT2D eigenvalue weighted by Crippen LogP contribution is -2.58. The van der Waals surface area contributed by atoms with Gasteiger partial charge in [-0.1, -0.05) is 33.3 Å². The number of esters is 1. The number of hydrogen-bond donors (Lipinski definition) is 2. The second kappa shape index (κ2) is 11.9. The summed E-state index contributed by atoms with van der Waals surface area (Å²) in [5, 5.41) is 23.6. The molecule has 1 spiro atoms. The Morgan fingerprint density at radius 3 is 2.43 bits per heavy atom. The maximum atomic E-state index is 13.5. The van der Waals surface area contributed by atoms with Crippen molar-refractivity contribution in [3.63, 3.8) is 0 Å². The lowest BCUT2D eigenvalue weighted by Gasteiger charge is -2.42. The van der Waals surface area contributed by atoms with Gasteiger partial charge in [-0.2, -0.15) is 0 Å². The summed E-state index contributed by atoms with van der Waals surface area (Å²) in [6.07, 6.45) is -1.43. The van der Waals surface area contributed by atoms with Crippen LogP contribution in [-0.2, 0) is 25.6 Å². The number of benzene rings is 3. The average Bonchev–Trinajstić information content (AvgIpc) is 3.81. The largest absolute Gasteiger partial charge is 0.493 e. The molecule has 1 saturated carbocycles. The van der Waals surface area contributed by atoms with Gasteiger partial charge in [0.25, 0.3) is 0 Å². The molecule has 0 bridgehead atoms. The SMILES string of the molecule is COc1cc2c(OC3OC(CO)C4OC5(CCCC(C)CC5(C)C)OC4C3O)c3c(c(-c4ccc5c(c4)OCO5)c2cc1OC)C(=O)OC3. The summed E-state index contributed by atoms with van der Waals surface area (Å²) in [6.45, 7) is 6.16. The third-order valence-electron chi connectivity index (χ3n) is 10.9. The number of carbonyl (C=O) groups is 1. The molecule has 3 aromatic carbocycles. The van der Waals surface area contributed by atoms with Gasteiger partial charge < -0.3 is 52.8 Å². The molecule has 262 valence electrons. The van der Waals surface area contributed by atoms with E-state index in [0.29, 0.717) is 68.4 Å². The molecule has 4 heterocycles. The van der Waals surface area contributed by atoms with Crippen molar-refractivity contribution in [1.29, 1.82) is 0 Å². The van der Waals surface area contributed by atoms with Gasteiger partial charge in [0.1, 0.15) is 36.8 Å². The van der Waals surface area contributed by atoms with E-state index in [1.54, 1.807) is 18.2 Å². The number of aliphatic hydroxyl groups is 2. The predicted octanol–water partition coefficient (Wildman–Crippen LogP) is 5.10. The van der Waals surface area contributed by atoms with Gasteiger partial charge in [-0.25, -0.2) is 4.79 Å². The summed E-state index contributed by atoms with van der Waals surface area (Å²) in [4.78, 5) is 13.5. The van der Waals surface area contributed by atoms with Crippen LogP contribution in [0.2, 0.25) is 0 Å². The number of carbonyl (C=O) groups excluding carboxylic acids is 1. The molecule has 12 nitrogen and oxygen atoms in total. The second-order valence-electron chi connectivity index (χ2n) is 14.3. The standard InChI is InChI=1S/C37H42O12/c1-18-7-6-10-37(36(2,3)14-18)48-32-27(15-38)46-35(30(39)33(32)49-37)47-31-21-13-25(42-5)24(41-4)12-20(21)28(29-22(31)16-43-34(29)40)19-8-9-23-26(11-19)45-17-44-23/h8-9,11-13,18,27,30,32-33,35,38-39H,6-7,10,14-17H2,1-5H3. The van der Waals surface area contributed by atoms with Gasteiger partial charge in [0.15, 0.2) is 28.8 Å². The summed E-state index contributed by atoms with van der Waals surface area (Å²) in [5.74, 6) is 1.31. The van der Waals surface area contributed by atoms with Crippen molar-refractivity contribution in [2.45, 2.75) is 89.6 Å². The molecule has 7 unspecified atom stereocenters. The van der Waals surface area contributed by atoms with Crippen molar-refractivity contribution in [3.05, 3.63) is 41.5 Å². The van der Waals surface area contributed by atoms with Crippen LogP contribution < -0.4 is 23.7 Å². The van der Waals surface area contributed by atoms with Gasteiger partial charge in [-0.05, 0) is 54.0 Å². The Labute approximate surface area is 284 Å². The number of hydrogen-bond acceptors (Lipinski definition) is 12. The summed E-state index contributed by atoms with van der Waals surface area (Å²) in [6, 6.07) is 9.03. The zero-order valence-electron chi connectivity index (χ0n) is 28.3. The van der Waals surface area contributed by atoms with Crippen LogP contribution >= 0.6 is 0 Å². The Bertz CT molecular complexity index is 1800. The molecule has 3 aromatic rings. The molecule has 5 aliphatic rings. The monoisotopic (exact) mass is 678 g/mol. The molecule has 0 radical (unpaired) electrons. The van der Waals surface area contributed by atoms with Crippen LogP contribution in [-0.4, -0.2) is 80.3 Å². The molecule has 3 fully saturated rings. The Balaban J connectivity index is 1.24. The first-order valence-corrected chi connectivity index (χ1v) is 16.9. The molecular weight excluding hydrogens is 636 g/mol. The Hall–Kier alpha value is -3.81. The summed E-state index contributed by atoms with van der Waals surface area (Å²) in [5.41, 5.74) is 1.73. The Morgan fingerprint density at radius 2 is 1.67 bits per heavy atom. The molecule has 0 aromatic heterocycles. The molecule has 4 aliphatic heterocycles.